The molecule has 2 N–H and O–H groups in total. The van der Waals surface area contributed by atoms with Crippen molar-refractivity contribution in [2.75, 3.05) is 0 Å². The van der Waals surface area contributed by atoms with E-state index in [1.165, 1.54) is 0 Å². The first kappa shape index (κ1) is 15.2. The molecule has 0 fully saturated rings. The van der Waals surface area contributed by atoms with Gasteiger partial charge in [-0.3, -0.25) is 0 Å². The van der Waals surface area contributed by atoms with Gasteiger partial charge >= 0.3 is 11.9 Å². The van der Waals surface area contributed by atoms with Crippen LogP contribution in [-0.4, -0.2) is 22.2 Å². The van der Waals surface area contributed by atoms with Gasteiger partial charge in [0, 0.05) is 10.8 Å². The molecule has 0 aliphatic carbocycles. The molecule has 2 aromatic carbocycles. The Bertz CT molecular complexity index is 706. The van der Waals surface area contributed by atoms with Crippen molar-refractivity contribution in [1.29, 1.82) is 0 Å². The van der Waals surface area contributed by atoms with Crippen LogP contribution >= 0.6 is 46.4 Å². The minimum absolute atomic E-state index is 0.0570. The van der Waals surface area contributed by atoms with Crippen molar-refractivity contribution < 1.29 is 19.8 Å². The predicted octanol–water partition coefficient (Wildman–Crippen LogP) is 4.85. The second kappa shape index (κ2) is 5.30. The molecule has 0 aromatic heterocycles. The summed E-state index contributed by atoms with van der Waals surface area (Å²) in [5, 5.41) is 17.6. The lowest BCUT2D eigenvalue weighted by Crippen LogP contribution is -2.04. The van der Waals surface area contributed by atoms with Gasteiger partial charge in [-0.1, -0.05) is 46.4 Å². The zero-order chi connectivity index (χ0) is 15.2. The molecule has 20 heavy (non-hydrogen) atoms. The minimum Gasteiger partial charge on any atom is -0.478 e. The summed E-state index contributed by atoms with van der Waals surface area (Å²) < 4.78 is 0. The van der Waals surface area contributed by atoms with Gasteiger partial charge < -0.3 is 10.2 Å². The Morgan fingerprint density at radius 2 is 1.00 bits per heavy atom. The lowest BCUT2D eigenvalue weighted by molar-refractivity contribution is 0.0684. The fraction of sp³-hybridized carbons (Fsp3) is 0. The second-order valence-electron chi connectivity index (χ2n) is 3.78. The SMILES string of the molecule is O=C(O)c1ccc(C(=O)O)c2c(Cl)c(Cl)c(Cl)c(Cl)c12. The van der Waals surface area contributed by atoms with Crippen molar-refractivity contribution in [3.63, 3.8) is 0 Å². The molecular weight excluding hydrogens is 350 g/mol. The molecule has 0 unspecified atom stereocenters. The van der Waals surface area contributed by atoms with E-state index in [4.69, 9.17) is 56.6 Å². The molecule has 4 nitrogen and oxygen atoms in total. The summed E-state index contributed by atoms with van der Waals surface area (Å²) in [4.78, 5) is 22.5. The quantitative estimate of drug-likeness (QED) is 0.597. The molecule has 0 spiro atoms. The fourth-order valence-electron chi connectivity index (χ4n) is 1.83. The molecule has 0 amide bonds. The molecule has 0 radical (unpaired) electrons. The van der Waals surface area contributed by atoms with Gasteiger partial charge in [0.25, 0.3) is 0 Å². The van der Waals surface area contributed by atoms with Gasteiger partial charge in [0.05, 0.1) is 31.2 Å². The number of carbonyl (C=O) groups is 2. The average Bonchev–Trinajstić information content (AvgIpc) is 2.40. The first-order valence-corrected chi connectivity index (χ1v) is 6.53. The van der Waals surface area contributed by atoms with Crippen LogP contribution in [0, 0.1) is 0 Å². The van der Waals surface area contributed by atoms with E-state index < -0.39 is 11.9 Å². The average molecular weight is 354 g/mol. The Morgan fingerprint density at radius 1 is 0.700 bits per heavy atom. The smallest absolute Gasteiger partial charge is 0.336 e. The third kappa shape index (κ3) is 2.19. The lowest BCUT2D eigenvalue weighted by Gasteiger charge is -2.13. The molecular formula is C12H4Cl4O4. The van der Waals surface area contributed by atoms with Crippen molar-refractivity contribution >= 4 is 69.1 Å². The maximum absolute atomic E-state index is 11.2. The van der Waals surface area contributed by atoms with E-state index >= 15 is 0 Å². The Morgan fingerprint density at radius 3 is 1.25 bits per heavy atom. The maximum atomic E-state index is 11.2. The highest BCUT2D eigenvalue weighted by atomic mass is 35.5. The summed E-state index contributed by atoms with van der Waals surface area (Å²) in [6.45, 7) is 0. The van der Waals surface area contributed by atoms with E-state index in [1.54, 1.807) is 0 Å². The summed E-state index contributed by atoms with van der Waals surface area (Å²) in [5.74, 6) is -2.58. The summed E-state index contributed by atoms with van der Waals surface area (Å²) in [6, 6.07) is 2.25. The highest BCUT2D eigenvalue weighted by Gasteiger charge is 2.24. The standard InChI is InChI=1S/C12H4Cl4O4/c13-7-5-3(11(17)18)1-2-4(12(19)20)6(5)8(14)10(16)9(7)15/h1-2H,(H,17,18)(H,19,20). The Balaban J connectivity index is 3.17. The fourth-order valence-corrected chi connectivity index (χ4v) is 2.88. The first-order valence-electron chi connectivity index (χ1n) is 5.02. The lowest BCUT2D eigenvalue weighted by atomic mass is 9.99. The largest absolute Gasteiger partial charge is 0.478 e. The number of carboxylic acid groups (broad SMARTS) is 2. The van der Waals surface area contributed by atoms with E-state index in [-0.39, 0.29) is 42.0 Å². The van der Waals surface area contributed by atoms with Crippen LogP contribution in [0.4, 0.5) is 0 Å². The molecule has 0 heterocycles. The molecule has 0 atom stereocenters. The van der Waals surface area contributed by atoms with Gasteiger partial charge in [-0.15, -0.1) is 0 Å². The van der Waals surface area contributed by atoms with Gasteiger partial charge in [-0.05, 0) is 12.1 Å². The van der Waals surface area contributed by atoms with Crippen LogP contribution in [0.1, 0.15) is 20.7 Å². The Hall–Kier alpha value is -1.20. The zero-order valence-corrected chi connectivity index (χ0v) is 12.4. The number of hydrogen-bond acceptors (Lipinski definition) is 2. The van der Waals surface area contributed by atoms with Crippen molar-refractivity contribution in [1.82, 2.24) is 0 Å². The van der Waals surface area contributed by atoms with Crippen LogP contribution in [-0.2, 0) is 0 Å². The number of hydrogen-bond donors (Lipinski definition) is 2. The van der Waals surface area contributed by atoms with Gasteiger partial charge in [-0.2, -0.15) is 0 Å². The third-order valence-electron chi connectivity index (χ3n) is 2.68. The molecule has 8 heteroatoms. The maximum Gasteiger partial charge on any atom is 0.336 e. The van der Waals surface area contributed by atoms with Crippen LogP contribution in [0.2, 0.25) is 20.1 Å². The number of aromatic carboxylic acids is 2. The molecule has 0 aliphatic heterocycles. The monoisotopic (exact) mass is 352 g/mol. The normalized spacial score (nSPS) is 10.8. The van der Waals surface area contributed by atoms with Gasteiger partial charge in [0.15, 0.2) is 0 Å². The van der Waals surface area contributed by atoms with E-state index in [9.17, 15) is 9.59 Å². The molecule has 0 bridgehead atoms. The van der Waals surface area contributed by atoms with E-state index in [2.05, 4.69) is 0 Å². The summed E-state index contributed by atoms with van der Waals surface area (Å²) >= 11 is 23.8. The number of fused-ring (bicyclic) bond motifs is 1. The predicted molar refractivity (Wildman–Crippen MR) is 77.9 cm³/mol. The minimum atomic E-state index is -1.29. The van der Waals surface area contributed by atoms with Gasteiger partial charge in [0.1, 0.15) is 0 Å². The number of benzene rings is 2. The van der Waals surface area contributed by atoms with Crippen LogP contribution in [0.5, 0.6) is 0 Å². The summed E-state index contributed by atoms with van der Waals surface area (Å²) in [6.07, 6.45) is 0. The van der Waals surface area contributed by atoms with Crippen LogP contribution in [0.25, 0.3) is 10.8 Å². The zero-order valence-electron chi connectivity index (χ0n) is 9.38. The molecule has 2 aromatic rings. The van der Waals surface area contributed by atoms with Gasteiger partial charge in [0.2, 0.25) is 0 Å². The number of rotatable bonds is 2. The molecule has 0 aliphatic rings. The highest BCUT2D eigenvalue weighted by Crippen LogP contribution is 2.45. The molecule has 2 rings (SSSR count). The Labute approximate surface area is 132 Å². The number of carboxylic acids is 2. The van der Waals surface area contributed by atoms with E-state index in [1.807, 2.05) is 0 Å². The summed E-state index contributed by atoms with van der Waals surface area (Å²) in [5.41, 5.74) is -0.425. The first-order chi connectivity index (χ1) is 9.27. The van der Waals surface area contributed by atoms with Crippen LogP contribution in [0.3, 0.4) is 0 Å². The number of halogens is 4. The topological polar surface area (TPSA) is 74.6 Å². The van der Waals surface area contributed by atoms with Crippen molar-refractivity contribution in [2.45, 2.75) is 0 Å². The highest BCUT2D eigenvalue weighted by molar-refractivity contribution is 6.56. The van der Waals surface area contributed by atoms with Crippen LogP contribution < -0.4 is 0 Å². The molecule has 0 saturated carbocycles. The van der Waals surface area contributed by atoms with E-state index in [0.29, 0.717) is 0 Å². The van der Waals surface area contributed by atoms with Gasteiger partial charge in [-0.25, -0.2) is 9.59 Å². The summed E-state index contributed by atoms with van der Waals surface area (Å²) in [7, 11) is 0. The van der Waals surface area contributed by atoms with Crippen molar-refractivity contribution in [2.24, 2.45) is 0 Å². The van der Waals surface area contributed by atoms with Crippen LogP contribution in [0.15, 0.2) is 12.1 Å². The molecule has 0 saturated heterocycles. The Kier molecular flexibility index (Phi) is 4.02. The van der Waals surface area contributed by atoms with Crippen molar-refractivity contribution in [3.8, 4) is 0 Å². The van der Waals surface area contributed by atoms with E-state index in [0.717, 1.165) is 12.1 Å². The second-order valence-corrected chi connectivity index (χ2v) is 5.29. The van der Waals surface area contributed by atoms with Crippen molar-refractivity contribution in [3.05, 3.63) is 43.4 Å². The molecule has 104 valence electrons. The third-order valence-corrected chi connectivity index (χ3v) is 4.49.